The third kappa shape index (κ3) is 5.49. The summed E-state index contributed by atoms with van der Waals surface area (Å²) in [5.41, 5.74) is 3.79. The van der Waals surface area contributed by atoms with Gasteiger partial charge in [-0.3, -0.25) is 9.59 Å². The maximum absolute atomic E-state index is 12.1. The Morgan fingerprint density at radius 2 is 1.63 bits per heavy atom. The molecule has 0 saturated heterocycles. The van der Waals surface area contributed by atoms with Crippen molar-refractivity contribution in [1.29, 1.82) is 0 Å². The summed E-state index contributed by atoms with van der Waals surface area (Å²) in [5.74, 6) is 1.06. The fraction of sp³-hybridized carbons (Fsp3) is 0.143. The van der Waals surface area contributed by atoms with Gasteiger partial charge >= 0.3 is 0 Å². The van der Waals surface area contributed by atoms with E-state index in [1.54, 1.807) is 48.2 Å². The van der Waals surface area contributed by atoms with Gasteiger partial charge in [-0.05, 0) is 54.4 Å². The van der Waals surface area contributed by atoms with E-state index in [2.05, 4.69) is 29.7 Å². The zero-order valence-electron chi connectivity index (χ0n) is 14.9. The molecule has 0 radical (unpaired) electrons. The minimum Gasteiger partial charge on any atom is -0.459 e. The van der Waals surface area contributed by atoms with Gasteiger partial charge in [0.05, 0.1) is 12.0 Å². The normalized spacial score (nSPS) is 10.4. The first-order chi connectivity index (χ1) is 13.1. The zero-order valence-corrected chi connectivity index (χ0v) is 15.7. The monoisotopic (exact) mass is 380 g/mol. The second-order valence-corrected chi connectivity index (χ2v) is 6.96. The number of anilines is 2. The number of benzene rings is 2. The summed E-state index contributed by atoms with van der Waals surface area (Å²) in [6, 6.07) is 18.4. The van der Waals surface area contributed by atoms with Crippen LogP contribution in [0.15, 0.2) is 71.3 Å². The van der Waals surface area contributed by atoms with Gasteiger partial charge < -0.3 is 15.1 Å². The second kappa shape index (κ2) is 9.09. The zero-order chi connectivity index (χ0) is 19.1. The molecule has 27 heavy (non-hydrogen) atoms. The Morgan fingerprint density at radius 3 is 2.30 bits per heavy atom. The number of aryl methyl sites for hydroxylation is 1. The number of rotatable bonds is 7. The topological polar surface area (TPSA) is 71.3 Å². The quantitative estimate of drug-likeness (QED) is 0.623. The molecule has 0 saturated carbocycles. The van der Waals surface area contributed by atoms with E-state index >= 15 is 0 Å². The van der Waals surface area contributed by atoms with Crippen molar-refractivity contribution >= 4 is 35.0 Å². The largest absolute Gasteiger partial charge is 0.459 e. The van der Waals surface area contributed by atoms with Gasteiger partial charge in [0, 0.05) is 17.1 Å². The molecule has 0 aliphatic heterocycles. The molecule has 0 bridgehead atoms. The van der Waals surface area contributed by atoms with Gasteiger partial charge in [-0.2, -0.15) is 0 Å². The number of carbonyl (C=O) groups is 2. The highest BCUT2D eigenvalue weighted by Crippen LogP contribution is 2.18. The van der Waals surface area contributed by atoms with Crippen LogP contribution in [0.1, 0.15) is 21.7 Å². The lowest BCUT2D eigenvalue weighted by atomic mass is 10.1. The summed E-state index contributed by atoms with van der Waals surface area (Å²) in [4.78, 5) is 24.0. The molecule has 0 unspecified atom stereocenters. The van der Waals surface area contributed by atoms with Gasteiger partial charge in [0.15, 0.2) is 5.76 Å². The molecule has 0 aliphatic carbocycles. The molecule has 5 nitrogen and oxygen atoms in total. The molecule has 2 N–H and O–H groups in total. The Labute approximate surface area is 162 Å². The minimum absolute atomic E-state index is 0.0547. The van der Waals surface area contributed by atoms with E-state index in [0.29, 0.717) is 17.1 Å². The van der Waals surface area contributed by atoms with Crippen LogP contribution in [0.25, 0.3) is 0 Å². The second-order valence-electron chi connectivity index (χ2n) is 5.98. The maximum Gasteiger partial charge on any atom is 0.291 e. The number of nitrogens with one attached hydrogen (secondary N) is 2. The smallest absolute Gasteiger partial charge is 0.291 e. The summed E-state index contributed by atoms with van der Waals surface area (Å²) in [5, 5.41) is 5.59. The van der Waals surface area contributed by atoms with Gasteiger partial charge in [0.2, 0.25) is 5.91 Å². The van der Waals surface area contributed by atoms with Crippen molar-refractivity contribution in [3.8, 4) is 0 Å². The molecule has 0 fully saturated rings. The standard InChI is InChI=1S/C21H20N2O3S/c1-15-5-2-3-6-16(15)13-27-14-20(24)22-17-8-10-18(11-9-17)23-21(25)19-7-4-12-26-19/h2-12H,13-14H2,1H3,(H,22,24)(H,23,25). The fourth-order valence-electron chi connectivity index (χ4n) is 2.46. The van der Waals surface area contributed by atoms with Crippen LogP contribution in [-0.2, 0) is 10.5 Å². The predicted molar refractivity (Wildman–Crippen MR) is 109 cm³/mol. The number of furan rings is 1. The van der Waals surface area contributed by atoms with Gasteiger partial charge in [0.1, 0.15) is 0 Å². The molecule has 2 amide bonds. The van der Waals surface area contributed by atoms with Crippen molar-refractivity contribution in [2.24, 2.45) is 0 Å². The highest BCUT2D eigenvalue weighted by atomic mass is 32.2. The molecule has 6 heteroatoms. The van der Waals surface area contributed by atoms with Crippen molar-refractivity contribution in [3.63, 3.8) is 0 Å². The van der Waals surface area contributed by atoms with E-state index in [9.17, 15) is 9.59 Å². The molecule has 0 spiro atoms. The first-order valence-electron chi connectivity index (χ1n) is 8.49. The van der Waals surface area contributed by atoms with E-state index < -0.39 is 0 Å². The summed E-state index contributed by atoms with van der Waals surface area (Å²) in [6.45, 7) is 2.07. The summed E-state index contributed by atoms with van der Waals surface area (Å²) in [7, 11) is 0. The molecule has 1 heterocycles. The van der Waals surface area contributed by atoms with E-state index in [1.165, 1.54) is 17.4 Å². The SMILES string of the molecule is Cc1ccccc1CSCC(=O)Nc1ccc(NC(=O)c2ccco2)cc1. The third-order valence-corrected chi connectivity index (χ3v) is 4.90. The van der Waals surface area contributed by atoms with Crippen molar-refractivity contribution in [2.75, 3.05) is 16.4 Å². The van der Waals surface area contributed by atoms with Gasteiger partial charge in [-0.25, -0.2) is 0 Å². The predicted octanol–water partition coefficient (Wildman–Crippen LogP) is 4.71. The summed E-state index contributed by atoms with van der Waals surface area (Å²) >= 11 is 1.58. The first kappa shape index (κ1) is 18.8. The first-order valence-corrected chi connectivity index (χ1v) is 9.64. The Balaban J connectivity index is 1.45. The van der Waals surface area contributed by atoms with Crippen LogP contribution in [0.5, 0.6) is 0 Å². The Hall–Kier alpha value is -2.99. The van der Waals surface area contributed by atoms with E-state index in [-0.39, 0.29) is 17.6 Å². The number of hydrogen-bond donors (Lipinski definition) is 2. The lowest BCUT2D eigenvalue weighted by molar-refractivity contribution is -0.113. The van der Waals surface area contributed by atoms with Gasteiger partial charge in [-0.15, -0.1) is 11.8 Å². The molecule has 3 aromatic rings. The molecule has 0 atom stereocenters. The number of amides is 2. The Kier molecular flexibility index (Phi) is 6.33. The van der Waals surface area contributed by atoms with Crippen LogP contribution in [-0.4, -0.2) is 17.6 Å². The number of carbonyl (C=O) groups excluding carboxylic acids is 2. The lowest BCUT2D eigenvalue weighted by Crippen LogP contribution is -2.14. The van der Waals surface area contributed by atoms with Crippen LogP contribution in [0.3, 0.4) is 0 Å². The summed E-state index contributed by atoms with van der Waals surface area (Å²) < 4.78 is 5.05. The van der Waals surface area contributed by atoms with Crippen molar-refractivity contribution in [2.45, 2.75) is 12.7 Å². The maximum atomic E-state index is 12.1. The van der Waals surface area contributed by atoms with Crippen LogP contribution in [0.2, 0.25) is 0 Å². The molecular weight excluding hydrogens is 360 g/mol. The van der Waals surface area contributed by atoms with Crippen LogP contribution in [0.4, 0.5) is 11.4 Å². The lowest BCUT2D eigenvalue weighted by Gasteiger charge is -2.08. The van der Waals surface area contributed by atoms with Crippen LogP contribution >= 0.6 is 11.8 Å². The summed E-state index contributed by atoms with van der Waals surface area (Å²) in [6.07, 6.45) is 1.45. The third-order valence-electron chi connectivity index (χ3n) is 3.92. The number of thioether (sulfide) groups is 1. The van der Waals surface area contributed by atoms with E-state index in [4.69, 9.17) is 4.42 Å². The van der Waals surface area contributed by atoms with Crippen molar-refractivity contribution in [3.05, 3.63) is 83.8 Å². The van der Waals surface area contributed by atoms with Crippen LogP contribution < -0.4 is 10.6 Å². The van der Waals surface area contributed by atoms with Crippen LogP contribution in [0, 0.1) is 6.92 Å². The average Bonchev–Trinajstić information content (AvgIpc) is 3.20. The highest BCUT2D eigenvalue weighted by molar-refractivity contribution is 7.99. The minimum atomic E-state index is -0.315. The van der Waals surface area contributed by atoms with E-state index in [0.717, 1.165) is 5.75 Å². The molecule has 2 aromatic carbocycles. The molecule has 138 valence electrons. The average molecular weight is 380 g/mol. The Bertz CT molecular complexity index is 905. The number of hydrogen-bond acceptors (Lipinski definition) is 4. The molecule has 3 rings (SSSR count). The Morgan fingerprint density at radius 1 is 0.926 bits per heavy atom. The molecule has 1 aromatic heterocycles. The van der Waals surface area contributed by atoms with Crippen molar-refractivity contribution < 1.29 is 14.0 Å². The molecular formula is C21H20N2O3S. The van der Waals surface area contributed by atoms with Gasteiger partial charge in [0.25, 0.3) is 5.91 Å². The van der Waals surface area contributed by atoms with E-state index in [1.807, 2.05) is 12.1 Å². The fourth-order valence-corrected chi connectivity index (χ4v) is 3.36. The molecule has 0 aliphatic rings. The highest BCUT2D eigenvalue weighted by Gasteiger charge is 2.09. The van der Waals surface area contributed by atoms with Gasteiger partial charge in [-0.1, -0.05) is 24.3 Å². The van der Waals surface area contributed by atoms with Crippen molar-refractivity contribution in [1.82, 2.24) is 0 Å².